The molecule has 0 unspecified atom stereocenters. The second kappa shape index (κ2) is 5.20. The Bertz CT molecular complexity index is 766. The van der Waals surface area contributed by atoms with E-state index in [1.165, 1.54) is 6.07 Å². The van der Waals surface area contributed by atoms with Crippen molar-refractivity contribution in [1.29, 1.82) is 0 Å². The van der Waals surface area contributed by atoms with Gasteiger partial charge in [-0.25, -0.2) is 0 Å². The van der Waals surface area contributed by atoms with Crippen molar-refractivity contribution >= 4 is 0 Å². The van der Waals surface area contributed by atoms with Crippen LogP contribution in [0.1, 0.15) is 5.56 Å². The van der Waals surface area contributed by atoms with Gasteiger partial charge in [-0.1, -0.05) is 18.2 Å². The molecule has 0 saturated carbocycles. The number of ether oxygens (including phenoxy) is 1. The maximum atomic E-state index is 10.2. The van der Waals surface area contributed by atoms with Gasteiger partial charge in [0.15, 0.2) is 5.75 Å². The molecule has 3 rings (SSSR count). The van der Waals surface area contributed by atoms with Gasteiger partial charge in [0.1, 0.15) is 22.9 Å². The summed E-state index contributed by atoms with van der Waals surface area (Å²) in [6.07, 6.45) is 1.55. The molecule has 21 heavy (non-hydrogen) atoms. The van der Waals surface area contributed by atoms with Crippen LogP contribution in [0.2, 0.25) is 0 Å². The Labute approximate surface area is 121 Å². The SMILES string of the molecule is Cc1c(O)ccc(-c2[nH]ncc2Oc2ccccc2)c1O. The number of aromatic nitrogens is 2. The summed E-state index contributed by atoms with van der Waals surface area (Å²) in [7, 11) is 0. The van der Waals surface area contributed by atoms with Gasteiger partial charge in [-0.15, -0.1) is 0 Å². The van der Waals surface area contributed by atoms with E-state index in [1.54, 1.807) is 19.2 Å². The third kappa shape index (κ3) is 2.41. The Kier molecular flexibility index (Phi) is 3.23. The first-order chi connectivity index (χ1) is 10.2. The van der Waals surface area contributed by atoms with Gasteiger partial charge in [-0.3, -0.25) is 5.10 Å². The highest BCUT2D eigenvalue weighted by molar-refractivity contribution is 5.74. The average molecular weight is 282 g/mol. The number of aromatic hydroxyl groups is 2. The van der Waals surface area contributed by atoms with Crippen LogP contribution in [0, 0.1) is 6.92 Å². The average Bonchev–Trinajstić information content (AvgIpc) is 2.94. The van der Waals surface area contributed by atoms with Crippen molar-refractivity contribution in [3.63, 3.8) is 0 Å². The summed E-state index contributed by atoms with van der Waals surface area (Å²) in [4.78, 5) is 0. The summed E-state index contributed by atoms with van der Waals surface area (Å²) >= 11 is 0. The van der Waals surface area contributed by atoms with Crippen molar-refractivity contribution in [2.24, 2.45) is 0 Å². The molecule has 3 aromatic rings. The fraction of sp³-hybridized carbons (Fsp3) is 0.0625. The number of aromatic amines is 1. The number of para-hydroxylation sites is 1. The van der Waals surface area contributed by atoms with E-state index < -0.39 is 0 Å². The Morgan fingerprint density at radius 2 is 1.81 bits per heavy atom. The number of H-pyrrole nitrogens is 1. The number of nitrogens with zero attached hydrogens (tertiary/aromatic N) is 1. The van der Waals surface area contributed by atoms with Crippen LogP contribution >= 0.6 is 0 Å². The largest absolute Gasteiger partial charge is 0.508 e. The lowest BCUT2D eigenvalue weighted by Gasteiger charge is -2.10. The van der Waals surface area contributed by atoms with Crippen molar-refractivity contribution in [2.75, 3.05) is 0 Å². The molecule has 0 bridgehead atoms. The predicted octanol–water partition coefficient (Wildman–Crippen LogP) is 3.59. The van der Waals surface area contributed by atoms with Crippen LogP contribution in [0.15, 0.2) is 48.7 Å². The Morgan fingerprint density at radius 3 is 2.57 bits per heavy atom. The van der Waals surface area contributed by atoms with E-state index in [2.05, 4.69) is 10.2 Å². The number of rotatable bonds is 3. The number of phenolic OH excluding ortho intramolecular Hbond substituents is 2. The Morgan fingerprint density at radius 1 is 1.05 bits per heavy atom. The molecule has 0 aliphatic heterocycles. The molecule has 1 heterocycles. The van der Waals surface area contributed by atoms with Gasteiger partial charge < -0.3 is 14.9 Å². The summed E-state index contributed by atoms with van der Waals surface area (Å²) in [5, 5.41) is 26.6. The molecule has 0 fully saturated rings. The van der Waals surface area contributed by atoms with Crippen LogP contribution in [0.3, 0.4) is 0 Å². The van der Waals surface area contributed by atoms with E-state index in [0.29, 0.717) is 28.3 Å². The molecule has 3 N–H and O–H groups in total. The van der Waals surface area contributed by atoms with E-state index in [0.717, 1.165) is 0 Å². The molecule has 2 aromatic carbocycles. The van der Waals surface area contributed by atoms with E-state index in [4.69, 9.17) is 4.74 Å². The van der Waals surface area contributed by atoms with Crippen LogP contribution in [-0.2, 0) is 0 Å². The lowest BCUT2D eigenvalue weighted by atomic mass is 10.1. The standard InChI is InChI=1S/C16H14N2O3/c1-10-13(19)8-7-12(16(10)20)15-14(9-17-18-15)21-11-5-3-2-4-6-11/h2-9,19-20H,1H3,(H,17,18). The topological polar surface area (TPSA) is 78.4 Å². The normalized spacial score (nSPS) is 10.5. The zero-order valence-corrected chi connectivity index (χ0v) is 11.4. The van der Waals surface area contributed by atoms with Crippen LogP contribution in [-0.4, -0.2) is 20.4 Å². The fourth-order valence-corrected chi connectivity index (χ4v) is 2.05. The molecule has 0 aliphatic carbocycles. The van der Waals surface area contributed by atoms with Gasteiger partial charge in [0, 0.05) is 11.1 Å². The molecule has 0 saturated heterocycles. The fourth-order valence-electron chi connectivity index (χ4n) is 2.05. The van der Waals surface area contributed by atoms with Crippen molar-refractivity contribution < 1.29 is 14.9 Å². The van der Waals surface area contributed by atoms with E-state index in [-0.39, 0.29) is 11.5 Å². The minimum atomic E-state index is -0.00263. The zero-order valence-electron chi connectivity index (χ0n) is 11.4. The summed E-state index contributed by atoms with van der Waals surface area (Å²) in [5.41, 5.74) is 1.49. The highest BCUT2D eigenvalue weighted by Gasteiger charge is 2.16. The molecule has 0 aliphatic rings. The number of hydrogen-bond donors (Lipinski definition) is 3. The van der Waals surface area contributed by atoms with Gasteiger partial charge in [0.05, 0.1) is 6.20 Å². The summed E-state index contributed by atoms with van der Waals surface area (Å²) in [6.45, 7) is 1.64. The Hall–Kier alpha value is -2.95. The second-order valence-corrected chi connectivity index (χ2v) is 4.63. The minimum Gasteiger partial charge on any atom is -0.508 e. The molecule has 5 heteroatoms. The van der Waals surface area contributed by atoms with Crippen LogP contribution in [0.25, 0.3) is 11.3 Å². The molecular formula is C16H14N2O3. The van der Waals surface area contributed by atoms with Gasteiger partial charge in [-0.05, 0) is 31.2 Å². The van der Waals surface area contributed by atoms with Crippen molar-refractivity contribution in [3.05, 3.63) is 54.2 Å². The zero-order chi connectivity index (χ0) is 14.8. The van der Waals surface area contributed by atoms with Crippen LogP contribution < -0.4 is 4.74 Å². The minimum absolute atomic E-state index is 0.00263. The lowest BCUT2D eigenvalue weighted by Crippen LogP contribution is -1.88. The molecule has 0 atom stereocenters. The molecule has 5 nitrogen and oxygen atoms in total. The monoisotopic (exact) mass is 282 g/mol. The predicted molar refractivity (Wildman–Crippen MR) is 78.6 cm³/mol. The first kappa shape index (κ1) is 13.1. The van der Waals surface area contributed by atoms with E-state index >= 15 is 0 Å². The van der Waals surface area contributed by atoms with Crippen molar-refractivity contribution in [3.8, 4) is 34.3 Å². The summed E-state index contributed by atoms with van der Waals surface area (Å²) in [5.74, 6) is 1.22. The quantitative estimate of drug-likeness (QED) is 0.686. The third-order valence-electron chi connectivity index (χ3n) is 3.25. The lowest BCUT2D eigenvalue weighted by molar-refractivity contribution is 0.443. The molecule has 106 valence electrons. The van der Waals surface area contributed by atoms with E-state index in [9.17, 15) is 10.2 Å². The van der Waals surface area contributed by atoms with E-state index in [1.807, 2.05) is 30.3 Å². The molecule has 0 amide bonds. The summed E-state index contributed by atoms with van der Waals surface area (Å²) in [6, 6.07) is 12.4. The summed E-state index contributed by atoms with van der Waals surface area (Å²) < 4.78 is 5.76. The number of benzene rings is 2. The van der Waals surface area contributed by atoms with Crippen LogP contribution in [0.4, 0.5) is 0 Å². The van der Waals surface area contributed by atoms with Gasteiger partial charge >= 0.3 is 0 Å². The third-order valence-corrected chi connectivity index (χ3v) is 3.25. The number of nitrogens with one attached hydrogen (secondary N) is 1. The maximum Gasteiger partial charge on any atom is 0.173 e. The first-order valence-corrected chi connectivity index (χ1v) is 6.45. The van der Waals surface area contributed by atoms with Crippen molar-refractivity contribution in [1.82, 2.24) is 10.2 Å². The molecule has 0 radical (unpaired) electrons. The second-order valence-electron chi connectivity index (χ2n) is 4.63. The smallest absolute Gasteiger partial charge is 0.173 e. The highest BCUT2D eigenvalue weighted by Crippen LogP contribution is 2.40. The Balaban J connectivity index is 2.02. The molecular weight excluding hydrogens is 268 g/mol. The van der Waals surface area contributed by atoms with Crippen LogP contribution in [0.5, 0.6) is 23.0 Å². The number of phenols is 2. The van der Waals surface area contributed by atoms with Gasteiger partial charge in [0.2, 0.25) is 0 Å². The van der Waals surface area contributed by atoms with Crippen molar-refractivity contribution in [2.45, 2.75) is 6.92 Å². The first-order valence-electron chi connectivity index (χ1n) is 6.45. The molecule has 0 spiro atoms. The van der Waals surface area contributed by atoms with Gasteiger partial charge in [-0.2, -0.15) is 5.10 Å². The molecule has 1 aromatic heterocycles. The highest BCUT2D eigenvalue weighted by atomic mass is 16.5. The maximum absolute atomic E-state index is 10.2. The van der Waals surface area contributed by atoms with Gasteiger partial charge in [0.25, 0.3) is 0 Å². The number of hydrogen-bond acceptors (Lipinski definition) is 4.